The van der Waals surface area contributed by atoms with Crippen molar-refractivity contribution in [3.05, 3.63) is 76.8 Å². The first-order chi connectivity index (χ1) is 12.0. The molecule has 0 heterocycles. The maximum Gasteiger partial charge on any atom is 0.170 e. The Morgan fingerprint density at radius 3 is 2.32 bits per heavy atom. The molecule has 0 radical (unpaired) electrons. The number of amidine groups is 1. The summed E-state index contributed by atoms with van der Waals surface area (Å²) >= 11 is 6.29. The van der Waals surface area contributed by atoms with E-state index in [2.05, 4.69) is 5.16 Å². The first-order valence-electron chi connectivity index (χ1n) is 7.68. The van der Waals surface area contributed by atoms with Gasteiger partial charge in [0.25, 0.3) is 0 Å². The minimum atomic E-state index is -0.0132. The number of aromatic hydroxyl groups is 1. The topological polar surface area (TPSA) is 78.8 Å². The van der Waals surface area contributed by atoms with E-state index in [4.69, 9.17) is 17.3 Å². The molecule has 25 heavy (non-hydrogen) atoms. The number of nitrogens with zero attached hydrogens (tertiary/aromatic N) is 1. The number of phenols is 1. The van der Waals surface area contributed by atoms with Crippen LogP contribution in [0.3, 0.4) is 0 Å². The van der Waals surface area contributed by atoms with E-state index in [1.165, 1.54) is 0 Å². The zero-order chi connectivity index (χ0) is 18.0. The Morgan fingerprint density at radius 1 is 1.00 bits per heavy atom. The number of phenolic OH excluding ortho intramolecular Hbond substituents is 1. The third kappa shape index (κ3) is 3.30. The highest BCUT2D eigenvalue weighted by molar-refractivity contribution is 6.31. The van der Waals surface area contributed by atoms with Gasteiger partial charge in [0.05, 0.1) is 0 Å². The van der Waals surface area contributed by atoms with Gasteiger partial charge in [0.15, 0.2) is 5.84 Å². The van der Waals surface area contributed by atoms with Crippen LogP contribution in [0.5, 0.6) is 5.75 Å². The molecule has 0 aliphatic heterocycles. The summed E-state index contributed by atoms with van der Waals surface area (Å²) in [5.74, 6) is 0.167. The number of nitrogens with two attached hydrogens (primary N) is 1. The molecule has 126 valence electrons. The zero-order valence-electron chi connectivity index (χ0n) is 13.6. The van der Waals surface area contributed by atoms with Gasteiger partial charge in [0.2, 0.25) is 0 Å². The Hall–Kier alpha value is -2.98. The first kappa shape index (κ1) is 16.9. The van der Waals surface area contributed by atoms with Gasteiger partial charge in [-0.2, -0.15) is 0 Å². The number of rotatable bonds is 3. The molecule has 0 aliphatic carbocycles. The van der Waals surface area contributed by atoms with Crippen LogP contribution in [0.25, 0.3) is 22.3 Å². The van der Waals surface area contributed by atoms with Crippen molar-refractivity contribution in [2.45, 2.75) is 6.92 Å². The summed E-state index contributed by atoms with van der Waals surface area (Å²) < 4.78 is 0. The largest absolute Gasteiger partial charge is 0.508 e. The average Bonchev–Trinajstić information content (AvgIpc) is 2.62. The second-order valence-corrected chi connectivity index (χ2v) is 6.16. The van der Waals surface area contributed by atoms with Crippen LogP contribution in [0, 0.1) is 6.92 Å². The smallest absolute Gasteiger partial charge is 0.170 e. The molecule has 0 unspecified atom stereocenters. The van der Waals surface area contributed by atoms with Crippen molar-refractivity contribution < 1.29 is 10.3 Å². The van der Waals surface area contributed by atoms with Gasteiger partial charge in [-0.25, -0.2) is 0 Å². The van der Waals surface area contributed by atoms with Crippen LogP contribution < -0.4 is 5.73 Å². The van der Waals surface area contributed by atoms with Crippen molar-refractivity contribution in [2.24, 2.45) is 10.9 Å². The fraction of sp³-hybridized carbons (Fsp3) is 0.0500. The van der Waals surface area contributed by atoms with Crippen molar-refractivity contribution in [2.75, 3.05) is 0 Å². The van der Waals surface area contributed by atoms with Crippen molar-refractivity contribution >= 4 is 17.4 Å². The van der Waals surface area contributed by atoms with Gasteiger partial charge in [-0.15, -0.1) is 0 Å². The molecule has 0 saturated heterocycles. The number of benzene rings is 3. The van der Waals surface area contributed by atoms with E-state index >= 15 is 0 Å². The van der Waals surface area contributed by atoms with E-state index in [0.29, 0.717) is 10.6 Å². The molecule has 0 spiro atoms. The predicted molar refractivity (Wildman–Crippen MR) is 101 cm³/mol. The number of hydrogen-bond donors (Lipinski definition) is 3. The molecule has 0 atom stereocenters. The van der Waals surface area contributed by atoms with Crippen LogP contribution in [0.15, 0.2) is 65.8 Å². The van der Waals surface area contributed by atoms with Gasteiger partial charge < -0.3 is 16.0 Å². The van der Waals surface area contributed by atoms with Crippen LogP contribution >= 0.6 is 11.6 Å². The standard InChI is InChI=1S/C20H17ClN2O2/c1-12-4-2-3-5-16(12)19-17(13-6-8-15(24)9-7-13)10-14(21)11-18(19)20(22)23-25/h2-11,24-25H,1H3,(H2,22,23). The van der Waals surface area contributed by atoms with Gasteiger partial charge >= 0.3 is 0 Å². The molecule has 0 aromatic heterocycles. The lowest BCUT2D eigenvalue weighted by Gasteiger charge is -2.17. The number of aryl methyl sites for hydroxylation is 1. The van der Waals surface area contributed by atoms with E-state index in [1.807, 2.05) is 37.3 Å². The van der Waals surface area contributed by atoms with Gasteiger partial charge in [-0.05, 0) is 53.4 Å². The summed E-state index contributed by atoms with van der Waals surface area (Å²) in [5, 5.41) is 22.4. The van der Waals surface area contributed by atoms with Crippen LogP contribution in [-0.2, 0) is 0 Å². The summed E-state index contributed by atoms with van der Waals surface area (Å²) in [7, 11) is 0. The molecule has 0 bridgehead atoms. The molecule has 4 nitrogen and oxygen atoms in total. The number of hydrogen-bond acceptors (Lipinski definition) is 3. The Balaban J connectivity index is 2.40. The van der Waals surface area contributed by atoms with E-state index in [9.17, 15) is 10.3 Å². The van der Waals surface area contributed by atoms with E-state index in [-0.39, 0.29) is 11.6 Å². The van der Waals surface area contributed by atoms with E-state index < -0.39 is 0 Å². The minimum Gasteiger partial charge on any atom is -0.508 e. The fourth-order valence-corrected chi connectivity index (χ4v) is 3.09. The van der Waals surface area contributed by atoms with Crippen LogP contribution in [0.1, 0.15) is 11.1 Å². The Labute approximate surface area is 150 Å². The van der Waals surface area contributed by atoms with E-state index in [0.717, 1.165) is 27.8 Å². The van der Waals surface area contributed by atoms with Crippen molar-refractivity contribution in [1.82, 2.24) is 0 Å². The highest BCUT2D eigenvalue weighted by atomic mass is 35.5. The number of halogens is 1. The third-order valence-corrected chi connectivity index (χ3v) is 4.30. The molecule has 0 saturated carbocycles. The van der Waals surface area contributed by atoms with Gasteiger partial charge in [0, 0.05) is 16.1 Å². The van der Waals surface area contributed by atoms with Crippen molar-refractivity contribution in [3.8, 4) is 28.0 Å². The summed E-state index contributed by atoms with van der Waals surface area (Å²) in [6, 6.07) is 18.2. The second-order valence-electron chi connectivity index (χ2n) is 5.72. The predicted octanol–water partition coefficient (Wildman–Crippen LogP) is 4.78. The SMILES string of the molecule is Cc1ccccc1-c1c(/C(N)=N/O)cc(Cl)cc1-c1ccc(O)cc1. The van der Waals surface area contributed by atoms with Crippen molar-refractivity contribution in [1.29, 1.82) is 0 Å². The fourth-order valence-electron chi connectivity index (χ4n) is 2.87. The lowest BCUT2D eigenvalue weighted by molar-refractivity contribution is 0.318. The molecule has 0 aliphatic rings. The minimum absolute atomic E-state index is 0.0132. The highest BCUT2D eigenvalue weighted by Crippen LogP contribution is 2.39. The molecule has 3 aromatic rings. The second kappa shape index (κ2) is 6.87. The first-order valence-corrected chi connectivity index (χ1v) is 8.06. The van der Waals surface area contributed by atoms with Crippen LogP contribution in [-0.4, -0.2) is 16.1 Å². The Morgan fingerprint density at radius 2 is 1.68 bits per heavy atom. The summed E-state index contributed by atoms with van der Waals surface area (Å²) in [6.07, 6.45) is 0. The molecule has 5 heteroatoms. The maximum absolute atomic E-state index is 9.57. The third-order valence-electron chi connectivity index (χ3n) is 4.08. The summed E-state index contributed by atoms with van der Waals surface area (Å²) in [5.41, 5.74) is 11.0. The molecule has 4 N–H and O–H groups in total. The van der Waals surface area contributed by atoms with Gasteiger partial charge in [0.1, 0.15) is 5.75 Å². The van der Waals surface area contributed by atoms with Gasteiger partial charge in [-0.1, -0.05) is 53.2 Å². The Kier molecular flexibility index (Phi) is 4.63. The highest BCUT2D eigenvalue weighted by Gasteiger charge is 2.18. The van der Waals surface area contributed by atoms with Crippen molar-refractivity contribution in [3.63, 3.8) is 0 Å². The number of oxime groups is 1. The zero-order valence-corrected chi connectivity index (χ0v) is 14.3. The average molecular weight is 353 g/mol. The summed E-state index contributed by atoms with van der Waals surface area (Å²) in [4.78, 5) is 0. The lowest BCUT2D eigenvalue weighted by Crippen LogP contribution is -2.15. The maximum atomic E-state index is 9.57. The molecule has 0 fully saturated rings. The normalized spacial score (nSPS) is 11.5. The summed E-state index contributed by atoms with van der Waals surface area (Å²) in [6.45, 7) is 2.00. The molecule has 3 rings (SSSR count). The van der Waals surface area contributed by atoms with Crippen LogP contribution in [0.4, 0.5) is 0 Å². The molecule has 0 amide bonds. The molecular weight excluding hydrogens is 336 g/mol. The monoisotopic (exact) mass is 352 g/mol. The lowest BCUT2D eigenvalue weighted by atomic mass is 9.88. The molecule has 3 aromatic carbocycles. The Bertz CT molecular complexity index is 950. The quantitative estimate of drug-likeness (QED) is 0.274. The van der Waals surface area contributed by atoms with Gasteiger partial charge in [-0.3, -0.25) is 0 Å². The van der Waals surface area contributed by atoms with Crippen LogP contribution in [0.2, 0.25) is 5.02 Å². The molecular formula is C20H17ClN2O2. The van der Waals surface area contributed by atoms with E-state index in [1.54, 1.807) is 30.3 Å².